The van der Waals surface area contributed by atoms with Gasteiger partial charge >= 0.3 is 0 Å². The van der Waals surface area contributed by atoms with Crippen molar-refractivity contribution in [2.45, 2.75) is 32.6 Å². The Hall–Kier alpha value is -2.43. The van der Waals surface area contributed by atoms with Crippen LogP contribution in [0.25, 0.3) is 0 Å². The minimum Gasteiger partial charge on any atom is -0.355 e. The van der Waals surface area contributed by atoms with Crippen molar-refractivity contribution < 1.29 is 4.79 Å². The molecule has 23 heavy (non-hydrogen) atoms. The van der Waals surface area contributed by atoms with E-state index < -0.39 is 0 Å². The second kappa shape index (κ2) is 7.22. The van der Waals surface area contributed by atoms with Crippen LogP contribution in [0.4, 0.5) is 11.5 Å². The van der Waals surface area contributed by atoms with E-state index >= 15 is 0 Å². The molecule has 0 saturated carbocycles. The molecule has 0 aliphatic carbocycles. The summed E-state index contributed by atoms with van der Waals surface area (Å²) in [5.74, 6) is 0.625. The van der Waals surface area contributed by atoms with Crippen LogP contribution >= 0.6 is 0 Å². The lowest BCUT2D eigenvalue weighted by Gasteiger charge is -2.27. The van der Waals surface area contributed by atoms with Crippen molar-refractivity contribution in [1.29, 1.82) is 0 Å². The number of rotatable bonds is 4. The van der Waals surface area contributed by atoms with Gasteiger partial charge in [-0.1, -0.05) is 19.1 Å². The fourth-order valence-electron chi connectivity index (χ4n) is 2.74. The first-order valence-corrected chi connectivity index (χ1v) is 8.23. The van der Waals surface area contributed by atoms with Crippen molar-refractivity contribution in [3.8, 4) is 0 Å². The maximum Gasteiger partial charge on any atom is 0.275 e. The summed E-state index contributed by atoms with van der Waals surface area (Å²) >= 11 is 0. The van der Waals surface area contributed by atoms with Gasteiger partial charge in [-0.25, -0.2) is 9.97 Å². The minimum absolute atomic E-state index is 0.230. The number of aryl methyl sites for hydroxylation is 1. The Balaban J connectivity index is 1.64. The molecule has 1 amide bonds. The number of nitrogens with zero attached hydrogens (tertiary/aromatic N) is 3. The highest BCUT2D eigenvalue weighted by Crippen LogP contribution is 2.17. The fourth-order valence-corrected chi connectivity index (χ4v) is 2.74. The van der Waals surface area contributed by atoms with Gasteiger partial charge in [0.1, 0.15) is 11.5 Å². The summed E-state index contributed by atoms with van der Waals surface area (Å²) in [6.07, 6.45) is 7.90. The minimum atomic E-state index is -0.230. The van der Waals surface area contributed by atoms with Crippen LogP contribution in [0.1, 0.15) is 42.2 Å². The van der Waals surface area contributed by atoms with Crippen LogP contribution < -0.4 is 10.2 Å². The van der Waals surface area contributed by atoms with Crippen LogP contribution in [-0.2, 0) is 6.42 Å². The van der Waals surface area contributed by atoms with Crippen molar-refractivity contribution in [3.63, 3.8) is 0 Å². The number of anilines is 2. The van der Waals surface area contributed by atoms with Gasteiger partial charge in [0.05, 0.1) is 12.4 Å². The average molecular weight is 310 g/mol. The fraction of sp³-hybridized carbons (Fsp3) is 0.389. The van der Waals surface area contributed by atoms with E-state index in [1.807, 2.05) is 24.3 Å². The molecule has 0 spiro atoms. The van der Waals surface area contributed by atoms with Crippen LogP contribution in [0, 0.1) is 0 Å². The molecule has 1 fully saturated rings. The third-order valence-electron chi connectivity index (χ3n) is 4.17. The molecule has 2 aromatic rings. The second-order valence-electron chi connectivity index (χ2n) is 5.81. The Morgan fingerprint density at radius 2 is 1.83 bits per heavy atom. The number of nitrogens with one attached hydrogen (secondary N) is 1. The summed E-state index contributed by atoms with van der Waals surface area (Å²) in [5.41, 5.74) is 2.35. The Kier molecular flexibility index (Phi) is 4.86. The standard InChI is InChI=1S/C18H22N4O/c1-2-14-6-8-15(9-7-14)21-18(23)16-12-20-17(13-19-16)22-10-4-3-5-11-22/h6-9,12-13H,2-5,10-11H2,1H3,(H,21,23). The number of amides is 1. The zero-order valence-corrected chi connectivity index (χ0v) is 13.5. The second-order valence-corrected chi connectivity index (χ2v) is 5.81. The summed E-state index contributed by atoms with van der Waals surface area (Å²) < 4.78 is 0. The number of piperidine rings is 1. The number of hydrogen-bond donors (Lipinski definition) is 1. The monoisotopic (exact) mass is 310 g/mol. The Bertz CT molecular complexity index is 646. The van der Waals surface area contributed by atoms with E-state index in [9.17, 15) is 4.79 Å². The maximum absolute atomic E-state index is 12.2. The first kappa shape index (κ1) is 15.5. The lowest BCUT2D eigenvalue weighted by atomic mass is 10.1. The molecule has 0 atom stereocenters. The van der Waals surface area contributed by atoms with E-state index in [0.29, 0.717) is 5.69 Å². The van der Waals surface area contributed by atoms with Gasteiger partial charge in [-0.2, -0.15) is 0 Å². The van der Waals surface area contributed by atoms with Crippen LogP contribution in [0.2, 0.25) is 0 Å². The molecular formula is C18H22N4O. The van der Waals surface area contributed by atoms with Gasteiger partial charge in [-0.3, -0.25) is 4.79 Å². The van der Waals surface area contributed by atoms with Crippen molar-refractivity contribution in [3.05, 3.63) is 47.9 Å². The van der Waals surface area contributed by atoms with E-state index in [1.165, 1.54) is 24.8 Å². The van der Waals surface area contributed by atoms with Crippen molar-refractivity contribution in [2.24, 2.45) is 0 Å². The summed E-state index contributed by atoms with van der Waals surface area (Å²) in [5, 5.41) is 2.85. The van der Waals surface area contributed by atoms with Crippen molar-refractivity contribution in [2.75, 3.05) is 23.3 Å². The molecule has 1 saturated heterocycles. The summed E-state index contributed by atoms with van der Waals surface area (Å²) in [4.78, 5) is 23.1. The first-order chi connectivity index (χ1) is 11.3. The molecule has 1 aliphatic rings. The predicted octanol–water partition coefficient (Wildman–Crippen LogP) is 3.28. The van der Waals surface area contributed by atoms with Crippen LogP contribution in [0.15, 0.2) is 36.7 Å². The quantitative estimate of drug-likeness (QED) is 0.941. The normalized spacial score (nSPS) is 14.6. The molecule has 0 radical (unpaired) electrons. The average Bonchev–Trinajstić information content (AvgIpc) is 2.63. The molecule has 1 aliphatic heterocycles. The van der Waals surface area contributed by atoms with E-state index in [4.69, 9.17) is 0 Å². The Morgan fingerprint density at radius 1 is 1.09 bits per heavy atom. The zero-order valence-electron chi connectivity index (χ0n) is 13.5. The van der Waals surface area contributed by atoms with Gasteiger partial charge in [0, 0.05) is 18.8 Å². The summed E-state index contributed by atoms with van der Waals surface area (Å²) in [7, 11) is 0. The SMILES string of the molecule is CCc1ccc(NC(=O)c2cnc(N3CCCCC3)cn2)cc1. The zero-order chi connectivity index (χ0) is 16.1. The third-order valence-corrected chi connectivity index (χ3v) is 4.17. The Morgan fingerprint density at radius 3 is 2.43 bits per heavy atom. The number of hydrogen-bond acceptors (Lipinski definition) is 4. The summed E-state index contributed by atoms with van der Waals surface area (Å²) in [6, 6.07) is 7.85. The van der Waals surface area contributed by atoms with Gasteiger partial charge in [-0.15, -0.1) is 0 Å². The van der Waals surface area contributed by atoms with Gasteiger partial charge in [0.2, 0.25) is 0 Å². The van der Waals surface area contributed by atoms with E-state index in [1.54, 1.807) is 12.4 Å². The lowest BCUT2D eigenvalue weighted by Crippen LogP contribution is -2.30. The predicted molar refractivity (Wildman–Crippen MR) is 91.9 cm³/mol. The van der Waals surface area contributed by atoms with E-state index in [2.05, 4.69) is 27.1 Å². The Labute approximate surface area is 136 Å². The highest BCUT2D eigenvalue weighted by molar-refractivity contribution is 6.02. The highest BCUT2D eigenvalue weighted by atomic mass is 16.1. The van der Waals surface area contributed by atoms with Crippen LogP contribution in [-0.4, -0.2) is 29.0 Å². The topological polar surface area (TPSA) is 58.1 Å². The molecular weight excluding hydrogens is 288 g/mol. The molecule has 5 nitrogen and oxygen atoms in total. The number of aromatic nitrogens is 2. The molecule has 0 unspecified atom stereocenters. The van der Waals surface area contributed by atoms with Gasteiger partial charge < -0.3 is 10.2 Å². The van der Waals surface area contributed by atoms with Gasteiger partial charge in [-0.05, 0) is 43.4 Å². The molecule has 0 bridgehead atoms. The number of benzene rings is 1. The number of carbonyl (C=O) groups excluding carboxylic acids is 1. The smallest absolute Gasteiger partial charge is 0.275 e. The molecule has 5 heteroatoms. The van der Waals surface area contributed by atoms with E-state index in [0.717, 1.165) is 31.0 Å². The lowest BCUT2D eigenvalue weighted by molar-refractivity contribution is 0.102. The summed E-state index contributed by atoms with van der Waals surface area (Å²) in [6.45, 7) is 4.14. The molecule has 2 heterocycles. The largest absolute Gasteiger partial charge is 0.355 e. The molecule has 1 aromatic carbocycles. The van der Waals surface area contributed by atoms with Crippen molar-refractivity contribution >= 4 is 17.4 Å². The van der Waals surface area contributed by atoms with Gasteiger partial charge in [0.15, 0.2) is 0 Å². The first-order valence-electron chi connectivity index (χ1n) is 8.23. The van der Waals surface area contributed by atoms with Gasteiger partial charge in [0.25, 0.3) is 5.91 Å². The van der Waals surface area contributed by atoms with Crippen LogP contribution in [0.5, 0.6) is 0 Å². The number of carbonyl (C=O) groups is 1. The third kappa shape index (κ3) is 3.86. The highest BCUT2D eigenvalue weighted by Gasteiger charge is 2.14. The van der Waals surface area contributed by atoms with Crippen molar-refractivity contribution in [1.82, 2.24) is 9.97 Å². The van der Waals surface area contributed by atoms with Crippen LogP contribution in [0.3, 0.4) is 0 Å². The molecule has 120 valence electrons. The molecule has 1 N–H and O–H groups in total. The maximum atomic E-state index is 12.2. The van der Waals surface area contributed by atoms with E-state index in [-0.39, 0.29) is 5.91 Å². The molecule has 1 aromatic heterocycles. The molecule has 3 rings (SSSR count).